The van der Waals surface area contributed by atoms with Gasteiger partial charge in [-0.3, -0.25) is 20.4 Å². The van der Waals surface area contributed by atoms with Crippen LogP contribution in [0.1, 0.15) is 23.1 Å². The number of aryl methyl sites for hydroxylation is 3. The molecule has 3 N–H and O–H groups in total. The molecule has 0 radical (unpaired) electrons. The Morgan fingerprint density at radius 1 is 0.829 bits per heavy atom. The number of hydrogen-bond acceptors (Lipinski definition) is 5. The standard InChI is InChI=1S/C26H29N3O5S/c1-18-15-19(2)26(20(3)16-18)35(32,33)27-14-13-24(30)28-29-25(31)17-34-23-12-8-7-11-22(23)21-9-5-4-6-10-21/h4-12,15-16,27H,13-14,17H2,1-3H3,(H,28,30)(H,29,31). The minimum absolute atomic E-state index is 0.113. The Labute approximate surface area is 205 Å². The van der Waals surface area contributed by atoms with Gasteiger partial charge in [0, 0.05) is 18.5 Å². The van der Waals surface area contributed by atoms with Crippen LogP contribution < -0.4 is 20.3 Å². The number of benzene rings is 3. The maximum absolute atomic E-state index is 12.7. The third-order valence-corrected chi connectivity index (χ3v) is 6.96. The van der Waals surface area contributed by atoms with Crippen molar-refractivity contribution in [1.82, 2.24) is 15.6 Å². The molecule has 3 aromatic rings. The second-order valence-electron chi connectivity index (χ2n) is 8.12. The molecule has 9 heteroatoms. The van der Waals surface area contributed by atoms with Crippen molar-refractivity contribution in [3.63, 3.8) is 0 Å². The summed E-state index contributed by atoms with van der Waals surface area (Å²) >= 11 is 0. The van der Waals surface area contributed by atoms with Crippen LogP contribution in [0, 0.1) is 20.8 Å². The summed E-state index contributed by atoms with van der Waals surface area (Å²) in [6, 6.07) is 20.6. The predicted molar refractivity (Wildman–Crippen MR) is 134 cm³/mol. The summed E-state index contributed by atoms with van der Waals surface area (Å²) in [6.07, 6.45) is -0.152. The van der Waals surface area contributed by atoms with E-state index in [-0.39, 0.29) is 24.5 Å². The maximum atomic E-state index is 12.7. The minimum Gasteiger partial charge on any atom is -0.483 e. The van der Waals surface area contributed by atoms with E-state index in [4.69, 9.17) is 4.74 Å². The first-order chi connectivity index (χ1) is 16.7. The van der Waals surface area contributed by atoms with Gasteiger partial charge in [0.2, 0.25) is 15.9 Å². The molecule has 0 aliphatic carbocycles. The first-order valence-corrected chi connectivity index (χ1v) is 12.6. The van der Waals surface area contributed by atoms with Gasteiger partial charge in [-0.25, -0.2) is 13.1 Å². The number of hydrogen-bond donors (Lipinski definition) is 3. The summed E-state index contributed by atoms with van der Waals surface area (Å²) in [7, 11) is -3.77. The molecule has 0 aromatic heterocycles. The van der Waals surface area contributed by atoms with Crippen molar-refractivity contribution in [2.75, 3.05) is 13.2 Å². The first-order valence-electron chi connectivity index (χ1n) is 11.1. The van der Waals surface area contributed by atoms with Crippen LogP contribution in [-0.2, 0) is 19.6 Å². The van der Waals surface area contributed by atoms with Gasteiger partial charge in [0.1, 0.15) is 5.75 Å². The number of carbonyl (C=O) groups is 2. The molecule has 8 nitrogen and oxygen atoms in total. The van der Waals surface area contributed by atoms with Crippen LogP contribution in [0.15, 0.2) is 71.6 Å². The van der Waals surface area contributed by atoms with Crippen molar-refractivity contribution in [2.24, 2.45) is 0 Å². The third kappa shape index (κ3) is 7.14. The van der Waals surface area contributed by atoms with E-state index < -0.39 is 21.8 Å². The highest BCUT2D eigenvalue weighted by atomic mass is 32.2. The number of nitrogens with one attached hydrogen (secondary N) is 3. The minimum atomic E-state index is -3.77. The number of para-hydroxylation sites is 1. The van der Waals surface area contributed by atoms with Gasteiger partial charge in [0.25, 0.3) is 5.91 Å². The van der Waals surface area contributed by atoms with E-state index in [0.717, 1.165) is 16.7 Å². The van der Waals surface area contributed by atoms with Crippen LogP contribution in [0.3, 0.4) is 0 Å². The lowest BCUT2D eigenvalue weighted by atomic mass is 10.1. The van der Waals surface area contributed by atoms with Crippen molar-refractivity contribution in [1.29, 1.82) is 0 Å². The molecule has 0 bridgehead atoms. The Balaban J connectivity index is 1.45. The van der Waals surface area contributed by atoms with E-state index in [9.17, 15) is 18.0 Å². The van der Waals surface area contributed by atoms with Gasteiger partial charge in [-0.1, -0.05) is 66.2 Å². The van der Waals surface area contributed by atoms with Crippen LogP contribution in [0.5, 0.6) is 5.75 Å². The Hall–Kier alpha value is -3.69. The SMILES string of the molecule is Cc1cc(C)c(S(=O)(=O)NCCC(=O)NNC(=O)COc2ccccc2-c2ccccc2)c(C)c1. The molecular formula is C26H29N3O5S. The molecule has 3 aromatic carbocycles. The largest absolute Gasteiger partial charge is 0.483 e. The van der Waals surface area contributed by atoms with Crippen LogP contribution in [0.2, 0.25) is 0 Å². The molecule has 35 heavy (non-hydrogen) atoms. The normalized spacial score (nSPS) is 11.1. The van der Waals surface area contributed by atoms with Gasteiger partial charge in [0.15, 0.2) is 6.61 Å². The molecule has 0 aliphatic rings. The Kier molecular flexibility index (Phi) is 8.62. The van der Waals surface area contributed by atoms with Gasteiger partial charge >= 0.3 is 0 Å². The van der Waals surface area contributed by atoms with Gasteiger partial charge in [0.05, 0.1) is 4.90 Å². The zero-order valence-electron chi connectivity index (χ0n) is 19.9. The second-order valence-corrected chi connectivity index (χ2v) is 9.83. The fourth-order valence-corrected chi connectivity index (χ4v) is 5.27. The van der Waals surface area contributed by atoms with Crippen molar-refractivity contribution < 1.29 is 22.7 Å². The summed E-state index contributed by atoms with van der Waals surface area (Å²) in [5.41, 5.74) is 8.59. The quantitative estimate of drug-likeness (QED) is 0.395. The van der Waals surface area contributed by atoms with E-state index in [2.05, 4.69) is 15.6 Å². The zero-order valence-corrected chi connectivity index (χ0v) is 20.7. The average Bonchev–Trinajstić information content (AvgIpc) is 2.81. The molecule has 2 amide bonds. The Bertz CT molecular complexity index is 1280. The molecular weight excluding hydrogens is 466 g/mol. The highest BCUT2D eigenvalue weighted by Gasteiger charge is 2.20. The first kappa shape index (κ1) is 25.9. The van der Waals surface area contributed by atoms with Crippen molar-refractivity contribution in [2.45, 2.75) is 32.1 Å². The Morgan fingerprint density at radius 2 is 1.43 bits per heavy atom. The number of sulfonamides is 1. The summed E-state index contributed by atoms with van der Waals surface area (Å²) < 4.78 is 33.4. The molecule has 0 saturated heterocycles. The lowest BCUT2D eigenvalue weighted by molar-refractivity contribution is -0.129. The van der Waals surface area contributed by atoms with E-state index >= 15 is 0 Å². The van der Waals surface area contributed by atoms with Crippen LogP contribution >= 0.6 is 0 Å². The molecule has 0 atom stereocenters. The third-order valence-electron chi connectivity index (χ3n) is 5.19. The molecule has 0 unspecified atom stereocenters. The van der Waals surface area contributed by atoms with E-state index in [1.807, 2.05) is 55.5 Å². The van der Waals surface area contributed by atoms with Gasteiger partial charge in [-0.15, -0.1) is 0 Å². The topological polar surface area (TPSA) is 114 Å². The van der Waals surface area contributed by atoms with Crippen molar-refractivity contribution in [3.8, 4) is 16.9 Å². The smallest absolute Gasteiger partial charge is 0.276 e. The summed E-state index contributed by atoms with van der Waals surface area (Å²) in [4.78, 5) is 24.4. The fraction of sp³-hybridized carbons (Fsp3) is 0.231. The van der Waals surface area contributed by atoms with Crippen LogP contribution in [0.25, 0.3) is 11.1 Å². The highest BCUT2D eigenvalue weighted by Crippen LogP contribution is 2.29. The van der Waals surface area contributed by atoms with E-state index in [1.54, 1.807) is 32.0 Å². The van der Waals surface area contributed by atoms with E-state index in [1.165, 1.54) is 0 Å². The average molecular weight is 496 g/mol. The fourth-order valence-electron chi connectivity index (χ4n) is 3.79. The van der Waals surface area contributed by atoms with Gasteiger partial charge < -0.3 is 4.74 Å². The lowest BCUT2D eigenvalue weighted by Gasteiger charge is -2.13. The Morgan fingerprint density at radius 3 is 2.11 bits per heavy atom. The number of carbonyl (C=O) groups excluding carboxylic acids is 2. The molecule has 0 aliphatic heterocycles. The molecule has 0 heterocycles. The number of amides is 2. The molecule has 184 valence electrons. The molecule has 0 fully saturated rings. The number of rotatable bonds is 9. The summed E-state index contributed by atoms with van der Waals surface area (Å²) in [6.45, 7) is 4.95. The maximum Gasteiger partial charge on any atom is 0.276 e. The van der Waals surface area contributed by atoms with Gasteiger partial charge in [-0.2, -0.15) is 0 Å². The molecule has 3 rings (SSSR count). The second kappa shape index (κ2) is 11.6. The summed E-state index contributed by atoms with van der Waals surface area (Å²) in [5.74, 6) is -0.549. The van der Waals surface area contributed by atoms with Crippen molar-refractivity contribution >= 4 is 21.8 Å². The van der Waals surface area contributed by atoms with Gasteiger partial charge in [-0.05, 0) is 43.5 Å². The predicted octanol–water partition coefficient (Wildman–Crippen LogP) is 3.17. The monoisotopic (exact) mass is 495 g/mol. The highest BCUT2D eigenvalue weighted by molar-refractivity contribution is 7.89. The number of hydrazine groups is 1. The van der Waals surface area contributed by atoms with E-state index in [0.29, 0.717) is 16.9 Å². The van der Waals surface area contributed by atoms with Crippen molar-refractivity contribution in [3.05, 3.63) is 83.4 Å². The molecule has 0 spiro atoms. The van der Waals surface area contributed by atoms with Crippen LogP contribution in [0.4, 0.5) is 0 Å². The van der Waals surface area contributed by atoms with Crippen LogP contribution in [-0.4, -0.2) is 33.4 Å². The summed E-state index contributed by atoms with van der Waals surface area (Å²) in [5, 5.41) is 0. The zero-order chi connectivity index (χ0) is 25.4. The molecule has 0 saturated carbocycles. The number of ether oxygens (including phenoxy) is 1. The lowest BCUT2D eigenvalue weighted by Crippen LogP contribution is -2.44.